The van der Waals surface area contributed by atoms with Crippen molar-refractivity contribution in [2.24, 2.45) is 0 Å². The summed E-state index contributed by atoms with van der Waals surface area (Å²) in [5.74, 6) is -1.94. The summed E-state index contributed by atoms with van der Waals surface area (Å²) in [5.41, 5.74) is 1.77. The summed E-state index contributed by atoms with van der Waals surface area (Å²) < 4.78 is 14.6. The predicted molar refractivity (Wildman–Crippen MR) is 92.4 cm³/mol. The van der Waals surface area contributed by atoms with Gasteiger partial charge in [-0.2, -0.15) is 0 Å². The first kappa shape index (κ1) is 17.7. The number of aryl methyl sites for hydroxylation is 1. The van der Waals surface area contributed by atoms with Crippen molar-refractivity contribution in [3.63, 3.8) is 0 Å². The van der Waals surface area contributed by atoms with Crippen LogP contribution < -0.4 is 5.32 Å². The Labute approximate surface area is 146 Å². The molecule has 0 aliphatic rings. The Balaban J connectivity index is 2.66. The SMILES string of the molecule is Cc1ccnc(C(C)C)c1Nc1c(C(=O)O)cc(Cl)c(Br)c1F. The number of benzene rings is 1. The normalized spacial score (nSPS) is 10.9. The van der Waals surface area contributed by atoms with Crippen LogP contribution >= 0.6 is 27.5 Å². The predicted octanol–water partition coefficient (Wildman–Crippen LogP) is 5.51. The average Bonchev–Trinajstić information content (AvgIpc) is 2.48. The van der Waals surface area contributed by atoms with Crippen LogP contribution in [-0.2, 0) is 0 Å². The molecule has 2 rings (SSSR count). The van der Waals surface area contributed by atoms with E-state index in [1.54, 1.807) is 12.3 Å². The van der Waals surface area contributed by atoms with E-state index in [4.69, 9.17) is 11.6 Å². The van der Waals surface area contributed by atoms with Gasteiger partial charge in [0, 0.05) is 6.20 Å². The van der Waals surface area contributed by atoms with Crippen LogP contribution in [0.5, 0.6) is 0 Å². The zero-order valence-electron chi connectivity index (χ0n) is 12.7. The molecule has 4 nitrogen and oxygen atoms in total. The van der Waals surface area contributed by atoms with Gasteiger partial charge >= 0.3 is 5.97 Å². The second kappa shape index (κ2) is 6.84. The number of aromatic carboxylic acids is 1. The Morgan fingerprint density at radius 1 is 1.43 bits per heavy atom. The van der Waals surface area contributed by atoms with E-state index < -0.39 is 11.8 Å². The molecule has 0 bridgehead atoms. The molecule has 0 aliphatic carbocycles. The molecule has 0 radical (unpaired) electrons. The van der Waals surface area contributed by atoms with E-state index in [1.165, 1.54) is 6.07 Å². The summed E-state index contributed by atoms with van der Waals surface area (Å²) in [6.45, 7) is 5.76. The minimum absolute atomic E-state index is 0.00237. The maximum Gasteiger partial charge on any atom is 0.337 e. The number of hydrogen-bond donors (Lipinski definition) is 2. The zero-order valence-corrected chi connectivity index (χ0v) is 15.1. The van der Waals surface area contributed by atoms with E-state index in [9.17, 15) is 14.3 Å². The molecule has 0 aliphatic heterocycles. The van der Waals surface area contributed by atoms with Gasteiger partial charge in [-0.1, -0.05) is 25.4 Å². The lowest BCUT2D eigenvalue weighted by atomic mass is 10.0. The van der Waals surface area contributed by atoms with Gasteiger partial charge in [-0.3, -0.25) is 4.98 Å². The van der Waals surface area contributed by atoms with Crippen LogP contribution in [-0.4, -0.2) is 16.1 Å². The molecule has 122 valence electrons. The van der Waals surface area contributed by atoms with Gasteiger partial charge in [0.25, 0.3) is 0 Å². The molecular weight excluding hydrogens is 387 g/mol. The number of carboxylic acid groups (broad SMARTS) is 1. The highest BCUT2D eigenvalue weighted by molar-refractivity contribution is 9.10. The molecule has 0 saturated heterocycles. The Morgan fingerprint density at radius 2 is 2.09 bits per heavy atom. The lowest BCUT2D eigenvalue weighted by molar-refractivity contribution is 0.0697. The summed E-state index contributed by atoms with van der Waals surface area (Å²) in [5, 5.41) is 12.2. The van der Waals surface area contributed by atoms with Crippen LogP contribution in [0.4, 0.5) is 15.8 Å². The number of carboxylic acids is 1. The fourth-order valence-electron chi connectivity index (χ4n) is 2.19. The fourth-order valence-corrected chi connectivity index (χ4v) is 2.70. The summed E-state index contributed by atoms with van der Waals surface area (Å²) in [6.07, 6.45) is 1.67. The van der Waals surface area contributed by atoms with Crippen LogP contribution in [0.25, 0.3) is 0 Å². The highest BCUT2D eigenvalue weighted by Crippen LogP contribution is 2.37. The summed E-state index contributed by atoms with van der Waals surface area (Å²) in [6, 6.07) is 2.98. The first-order chi connectivity index (χ1) is 10.7. The van der Waals surface area contributed by atoms with Crippen LogP contribution in [0, 0.1) is 12.7 Å². The molecule has 0 saturated carbocycles. The average molecular weight is 402 g/mol. The van der Waals surface area contributed by atoms with Crippen molar-refractivity contribution in [1.29, 1.82) is 0 Å². The van der Waals surface area contributed by atoms with Crippen molar-refractivity contribution >= 4 is 44.9 Å². The van der Waals surface area contributed by atoms with Crippen molar-refractivity contribution in [3.8, 4) is 0 Å². The monoisotopic (exact) mass is 400 g/mol. The van der Waals surface area contributed by atoms with Crippen LogP contribution in [0.2, 0.25) is 5.02 Å². The van der Waals surface area contributed by atoms with Gasteiger partial charge < -0.3 is 10.4 Å². The molecule has 7 heteroatoms. The third-order valence-corrected chi connectivity index (χ3v) is 4.68. The van der Waals surface area contributed by atoms with Crippen molar-refractivity contribution in [1.82, 2.24) is 4.98 Å². The molecular formula is C16H15BrClFN2O2. The van der Waals surface area contributed by atoms with Crippen molar-refractivity contribution in [3.05, 3.63) is 50.5 Å². The van der Waals surface area contributed by atoms with Crippen molar-refractivity contribution in [2.45, 2.75) is 26.7 Å². The molecule has 23 heavy (non-hydrogen) atoms. The van der Waals surface area contributed by atoms with Gasteiger partial charge in [0.2, 0.25) is 0 Å². The van der Waals surface area contributed by atoms with Gasteiger partial charge in [0.1, 0.15) is 0 Å². The zero-order chi connectivity index (χ0) is 17.3. The molecule has 0 spiro atoms. The number of halogens is 3. The second-order valence-corrected chi connectivity index (χ2v) is 6.58. The number of pyridine rings is 1. The van der Waals surface area contributed by atoms with Crippen molar-refractivity contribution in [2.75, 3.05) is 5.32 Å². The number of rotatable bonds is 4. The van der Waals surface area contributed by atoms with Gasteiger partial charge in [-0.25, -0.2) is 9.18 Å². The third kappa shape index (κ3) is 3.48. The molecule has 2 N–H and O–H groups in total. The van der Waals surface area contributed by atoms with E-state index in [0.717, 1.165) is 11.3 Å². The minimum atomic E-state index is -1.27. The Hall–Kier alpha value is -1.66. The molecule has 0 amide bonds. The molecule has 0 fully saturated rings. The number of hydrogen-bond acceptors (Lipinski definition) is 3. The Morgan fingerprint density at radius 3 is 2.65 bits per heavy atom. The second-order valence-electron chi connectivity index (χ2n) is 5.38. The number of nitrogens with zero attached hydrogens (tertiary/aromatic N) is 1. The van der Waals surface area contributed by atoms with E-state index in [-0.39, 0.29) is 26.7 Å². The highest BCUT2D eigenvalue weighted by Gasteiger charge is 2.22. The summed E-state index contributed by atoms with van der Waals surface area (Å²) >= 11 is 8.90. The van der Waals surface area contributed by atoms with Gasteiger partial charge in [-0.05, 0) is 46.5 Å². The largest absolute Gasteiger partial charge is 0.478 e. The maximum atomic E-state index is 14.6. The number of anilines is 2. The fraction of sp³-hybridized carbons (Fsp3) is 0.250. The quantitative estimate of drug-likeness (QED) is 0.663. The molecule has 0 unspecified atom stereocenters. The summed E-state index contributed by atoms with van der Waals surface area (Å²) in [7, 11) is 0. The smallest absolute Gasteiger partial charge is 0.337 e. The van der Waals surface area contributed by atoms with Crippen LogP contribution in [0.15, 0.2) is 22.8 Å². The first-order valence-electron chi connectivity index (χ1n) is 6.87. The standard InChI is InChI=1S/C16H15BrClFN2O2/c1-7(2)13-14(8(3)4-5-20-13)21-15-9(16(22)23)6-10(18)11(17)12(15)19/h4-7,21H,1-3H3,(H,22,23). The van der Waals surface area contributed by atoms with Crippen LogP contribution in [0.1, 0.15) is 41.4 Å². The van der Waals surface area contributed by atoms with Crippen LogP contribution in [0.3, 0.4) is 0 Å². The minimum Gasteiger partial charge on any atom is -0.478 e. The molecule has 2 aromatic rings. The lowest BCUT2D eigenvalue weighted by Gasteiger charge is -2.18. The lowest BCUT2D eigenvalue weighted by Crippen LogP contribution is -2.09. The third-order valence-electron chi connectivity index (χ3n) is 3.38. The number of carbonyl (C=O) groups is 1. The molecule has 1 aromatic carbocycles. The van der Waals surface area contributed by atoms with Gasteiger partial charge in [-0.15, -0.1) is 0 Å². The number of nitrogens with one attached hydrogen (secondary N) is 1. The number of aromatic nitrogens is 1. The van der Waals surface area contributed by atoms with E-state index in [2.05, 4.69) is 26.2 Å². The Bertz CT molecular complexity index is 781. The highest BCUT2D eigenvalue weighted by atomic mass is 79.9. The summed E-state index contributed by atoms with van der Waals surface area (Å²) in [4.78, 5) is 15.7. The van der Waals surface area contributed by atoms with Gasteiger partial charge in [0.05, 0.1) is 32.1 Å². The molecule has 1 aromatic heterocycles. The molecule has 1 heterocycles. The van der Waals surface area contributed by atoms with E-state index in [1.807, 2.05) is 20.8 Å². The topological polar surface area (TPSA) is 62.2 Å². The van der Waals surface area contributed by atoms with Gasteiger partial charge in [0.15, 0.2) is 5.82 Å². The van der Waals surface area contributed by atoms with Crippen molar-refractivity contribution < 1.29 is 14.3 Å². The first-order valence-corrected chi connectivity index (χ1v) is 8.04. The Kier molecular flexibility index (Phi) is 5.26. The van der Waals surface area contributed by atoms with E-state index in [0.29, 0.717) is 5.69 Å². The maximum absolute atomic E-state index is 14.6. The van der Waals surface area contributed by atoms with E-state index >= 15 is 0 Å². The molecule has 0 atom stereocenters.